The maximum Gasteiger partial charge on any atom is 0.104 e. The third-order valence-electron chi connectivity index (χ3n) is 2.10. The summed E-state index contributed by atoms with van der Waals surface area (Å²) in [6.07, 6.45) is 1.78. The van der Waals surface area contributed by atoms with Gasteiger partial charge in [0.05, 0.1) is 10.0 Å². The van der Waals surface area contributed by atoms with Gasteiger partial charge in [0.25, 0.3) is 0 Å². The zero-order chi connectivity index (χ0) is 12.4. The van der Waals surface area contributed by atoms with Gasteiger partial charge in [-0.3, -0.25) is 0 Å². The largest absolute Gasteiger partial charge is 0.248 e. The highest BCUT2D eigenvalue weighted by atomic mass is 79.9. The summed E-state index contributed by atoms with van der Waals surface area (Å²) in [5.74, 6) is 0. The molecule has 2 rings (SSSR count). The van der Waals surface area contributed by atoms with E-state index in [4.69, 9.17) is 23.2 Å². The molecule has 0 bridgehead atoms. The molecule has 1 aromatic heterocycles. The Bertz CT molecular complexity index is 560. The Labute approximate surface area is 123 Å². The van der Waals surface area contributed by atoms with Gasteiger partial charge in [-0.2, -0.15) is 0 Å². The molecule has 1 nitrogen and oxygen atoms in total. The summed E-state index contributed by atoms with van der Waals surface area (Å²) in [5, 5.41) is 2.09. The first-order valence-electron chi connectivity index (χ1n) is 4.81. The fourth-order valence-electron chi connectivity index (χ4n) is 1.29. The molecule has 0 atom stereocenters. The van der Waals surface area contributed by atoms with Gasteiger partial charge in [-0.05, 0) is 52.7 Å². The number of aromatic nitrogens is 1. The van der Waals surface area contributed by atoms with Gasteiger partial charge in [0, 0.05) is 15.6 Å². The molecule has 0 saturated heterocycles. The zero-order valence-corrected chi connectivity index (χ0v) is 12.8. The summed E-state index contributed by atoms with van der Waals surface area (Å²) in [6.45, 7) is 2.03. The maximum atomic E-state index is 5.97. The minimum atomic E-state index is 0.562. The SMILES string of the molecule is Cc1cc(Br)cnc1Sc1ccc(Cl)c(Cl)c1. The molecule has 0 fully saturated rings. The quantitative estimate of drug-likeness (QED) is 0.699. The van der Waals surface area contributed by atoms with Crippen molar-refractivity contribution in [3.05, 3.63) is 50.5 Å². The molecule has 0 radical (unpaired) electrons. The first-order chi connectivity index (χ1) is 8.06. The van der Waals surface area contributed by atoms with Gasteiger partial charge >= 0.3 is 0 Å². The summed E-state index contributed by atoms with van der Waals surface area (Å²) in [5.41, 5.74) is 1.12. The number of halogens is 3. The highest BCUT2D eigenvalue weighted by molar-refractivity contribution is 9.10. The van der Waals surface area contributed by atoms with Gasteiger partial charge in [-0.25, -0.2) is 4.98 Å². The van der Waals surface area contributed by atoms with Gasteiger partial charge in [0.15, 0.2) is 0 Å². The molecule has 1 heterocycles. The highest BCUT2D eigenvalue weighted by Gasteiger charge is 2.05. The van der Waals surface area contributed by atoms with Crippen molar-refractivity contribution in [2.24, 2.45) is 0 Å². The van der Waals surface area contributed by atoms with Crippen LogP contribution in [0.4, 0.5) is 0 Å². The zero-order valence-electron chi connectivity index (χ0n) is 8.88. The Hall–Kier alpha value is -0.220. The van der Waals surface area contributed by atoms with Crippen molar-refractivity contribution in [2.45, 2.75) is 16.8 Å². The van der Waals surface area contributed by atoms with Crippen molar-refractivity contribution in [1.82, 2.24) is 4.98 Å². The third kappa shape index (κ3) is 3.38. The molecule has 17 heavy (non-hydrogen) atoms. The lowest BCUT2D eigenvalue weighted by Gasteiger charge is -2.05. The van der Waals surface area contributed by atoms with E-state index in [1.54, 1.807) is 24.0 Å². The highest BCUT2D eigenvalue weighted by Crippen LogP contribution is 2.33. The van der Waals surface area contributed by atoms with Crippen LogP contribution in [0.3, 0.4) is 0 Å². The van der Waals surface area contributed by atoms with Crippen molar-refractivity contribution >= 4 is 50.9 Å². The number of benzene rings is 1. The van der Waals surface area contributed by atoms with Gasteiger partial charge in [0.1, 0.15) is 5.03 Å². The number of aryl methyl sites for hydroxylation is 1. The smallest absolute Gasteiger partial charge is 0.104 e. The van der Waals surface area contributed by atoms with Crippen LogP contribution in [0, 0.1) is 6.92 Å². The molecule has 0 spiro atoms. The van der Waals surface area contributed by atoms with Crippen LogP contribution in [-0.2, 0) is 0 Å². The number of hydrogen-bond acceptors (Lipinski definition) is 2. The molecule has 0 amide bonds. The van der Waals surface area contributed by atoms with Gasteiger partial charge < -0.3 is 0 Å². The Balaban J connectivity index is 2.28. The fraction of sp³-hybridized carbons (Fsp3) is 0.0833. The summed E-state index contributed by atoms with van der Waals surface area (Å²) in [6, 6.07) is 7.60. The number of nitrogens with zero attached hydrogens (tertiary/aromatic N) is 1. The molecular formula is C12H8BrCl2NS. The summed E-state index contributed by atoms with van der Waals surface area (Å²) in [7, 11) is 0. The van der Waals surface area contributed by atoms with Crippen LogP contribution in [0.1, 0.15) is 5.56 Å². The minimum absolute atomic E-state index is 0.562. The van der Waals surface area contributed by atoms with Crippen LogP contribution in [0.15, 0.2) is 44.9 Å². The number of hydrogen-bond donors (Lipinski definition) is 0. The molecule has 0 saturated carbocycles. The van der Waals surface area contributed by atoms with E-state index < -0.39 is 0 Å². The van der Waals surface area contributed by atoms with E-state index in [1.165, 1.54) is 0 Å². The molecular weight excluding hydrogens is 341 g/mol. The molecule has 0 aliphatic rings. The van der Waals surface area contributed by atoms with Crippen LogP contribution < -0.4 is 0 Å². The molecule has 88 valence electrons. The summed E-state index contributed by atoms with van der Waals surface area (Å²) in [4.78, 5) is 5.39. The van der Waals surface area contributed by atoms with Crippen LogP contribution >= 0.6 is 50.9 Å². The van der Waals surface area contributed by atoms with E-state index in [0.717, 1.165) is 20.0 Å². The van der Waals surface area contributed by atoms with Crippen LogP contribution in [0.2, 0.25) is 10.0 Å². The van der Waals surface area contributed by atoms with Crippen molar-refractivity contribution in [2.75, 3.05) is 0 Å². The van der Waals surface area contributed by atoms with E-state index in [9.17, 15) is 0 Å². The number of rotatable bonds is 2. The molecule has 1 aromatic carbocycles. The van der Waals surface area contributed by atoms with E-state index >= 15 is 0 Å². The summed E-state index contributed by atoms with van der Waals surface area (Å²) < 4.78 is 0.980. The molecule has 0 N–H and O–H groups in total. The molecule has 0 aliphatic heterocycles. The van der Waals surface area contributed by atoms with E-state index in [2.05, 4.69) is 20.9 Å². The first-order valence-corrected chi connectivity index (χ1v) is 7.18. The summed E-state index contributed by atoms with van der Waals surface area (Å²) >= 11 is 16.8. The second kappa shape index (κ2) is 5.61. The lowest BCUT2D eigenvalue weighted by Crippen LogP contribution is -1.85. The topological polar surface area (TPSA) is 12.9 Å². The van der Waals surface area contributed by atoms with Crippen LogP contribution in [-0.4, -0.2) is 4.98 Å². The first kappa shape index (κ1) is 13.2. The van der Waals surface area contributed by atoms with Crippen molar-refractivity contribution in [3.63, 3.8) is 0 Å². The molecule has 0 aliphatic carbocycles. The minimum Gasteiger partial charge on any atom is -0.248 e. The Morgan fingerprint density at radius 3 is 2.59 bits per heavy atom. The predicted molar refractivity (Wildman–Crippen MR) is 77.3 cm³/mol. The van der Waals surface area contributed by atoms with Gasteiger partial charge in [-0.15, -0.1) is 0 Å². The molecule has 5 heteroatoms. The van der Waals surface area contributed by atoms with Crippen molar-refractivity contribution in [1.29, 1.82) is 0 Å². The predicted octanol–water partition coefficient (Wildman–Crippen LogP) is 5.61. The van der Waals surface area contributed by atoms with E-state index in [1.807, 2.05) is 25.1 Å². The average Bonchev–Trinajstić information content (AvgIpc) is 2.27. The van der Waals surface area contributed by atoms with Crippen molar-refractivity contribution in [3.8, 4) is 0 Å². The Morgan fingerprint density at radius 1 is 1.18 bits per heavy atom. The Morgan fingerprint density at radius 2 is 1.94 bits per heavy atom. The Kier molecular flexibility index (Phi) is 4.36. The van der Waals surface area contributed by atoms with Crippen LogP contribution in [0.25, 0.3) is 0 Å². The fourth-order valence-corrected chi connectivity index (χ4v) is 2.96. The second-order valence-electron chi connectivity index (χ2n) is 3.45. The third-order valence-corrected chi connectivity index (χ3v) is 4.39. The van der Waals surface area contributed by atoms with E-state index in [-0.39, 0.29) is 0 Å². The van der Waals surface area contributed by atoms with Gasteiger partial charge in [0.2, 0.25) is 0 Å². The molecule has 2 aromatic rings. The van der Waals surface area contributed by atoms with E-state index in [0.29, 0.717) is 10.0 Å². The molecule has 0 unspecified atom stereocenters. The maximum absolute atomic E-state index is 5.97. The van der Waals surface area contributed by atoms with Gasteiger partial charge in [-0.1, -0.05) is 35.0 Å². The normalized spacial score (nSPS) is 10.6. The average molecular weight is 349 g/mol. The van der Waals surface area contributed by atoms with Crippen LogP contribution in [0.5, 0.6) is 0 Å². The lowest BCUT2D eigenvalue weighted by molar-refractivity contribution is 1.07. The lowest BCUT2D eigenvalue weighted by atomic mass is 10.3. The number of pyridine rings is 1. The standard InChI is InChI=1S/C12H8BrCl2NS/c1-7-4-8(13)6-16-12(7)17-9-2-3-10(14)11(15)5-9/h2-6H,1H3. The second-order valence-corrected chi connectivity index (χ2v) is 6.25. The monoisotopic (exact) mass is 347 g/mol. The van der Waals surface area contributed by atoms with Crippen molar-refractivity contribution < 1.29 is 0 Å².